The minimum absolute atomic E-state index is 0.0306. The van der Waals surface area contributed by atoms with Crippen molar-refractivity contribution in [2.75, 3.05) is 65.2 Å². The number of methoxy groups -OCH3 is 1. The Labute approximate surface area is 440 Å². The van der Waals surface area contributed by atoms with E-state index in [4.69, 9.17) is 9.72 Å². The van der Waals surface area contributed by atoms with Crippen LogP contribution >= 0.6 is 0 Å². The van der Waals surface area contributed by atoms with Crippen molar-refractivity contribution in [1.29, 1.82) is 0 Å². The fraction of sp³-hybridized carbons (Fsp3) is 0.411. The molecule has 2 aromatic carbocycles. The van der Waals surface area contributed by atoms with Crippen LogP contribution in [-0.4, -0.2) is 134 Å². The molecule has 20 nitrogen and oxygen atoms in total. The van der Waals surface area contributed by atoms with Gasteiger partial charge in [-0.05, 0) is 105 Å². The number of aliphatic hydroxyl groups is 1. The maximum atomic E-state index is 14.1. The minimum Gasteiger partial charge on any atom is -0.478 e. The smallest absolute Gasteiger partial charge is 0.276 e. The first-order chi connectivity index (χ1) is 36.6. The van der Waals surface area contributed by atoms with Crippen LogP contribution in [0.3, 0.4) is 0 Å². The Morgan fingerprint density at radius 3 is 2.47 bits per heavy atom. The van der Waals surface area contributed by atoms with Crippen LogP contribution < -0.4 is 35.4 Å². The van der Waals surface area contributed by atoms with Gasteiger partial charge in [0.15, 0.2) is 5.82 Å². The number of nitrogens with zero attached hydrogens (tertiary/aromatic N) is 9. The number of piperidine rings is 2. The molecule has 6 amide bonds. The summed E-state index contributed by atoms with van der Waals surface area (Å²) in [7, 11) is 1.50. The van der Waals surface area contributed by atoms with E-state index in [9.17, 15) is 33.9 Å². The first-order valence-electron chi connectivity index (χ1n) is 26.1. The fourth-order valence-electron chi connectivity index (χ4n) is 12.5. The van der Waals surface area contributed by atoms with Gasteiger partial charge < -0.3 is 34.8 Å². The summed E-state index contributed by atoms with van der Waals surface area (Å²) in [4.78, 5) is 103. The minimum atomic E-state index is -1.03. The number of rotatable bonds is 12. The molecular weight excluding hydrogens is 969 g/mol. The van der Waals surface area contributed by atoms with Crippen LogP contribution in [-0.2, 0) is 40.4 Å². The lowest BCUT2D eigenvalue weighted by Crippen LogP contribution is -2.58. The third-order valence-corrected chi connectivity index (χ3v) is 16.1. The summed E-state index contributed by atoms with van der Waals surface area (Å²) in [6.07, 6.45) is 8.03. The molecule has 0 bridgehead atoms. The maximum Gasteiger partial charge on any atom is 0.276 e. The van der Waals surface area contributed by atoms with E-state index in [1.165, 1.54) is 24.4 Å². The number of piperazine rings is 1. The second kappa shape index (κ2) is 19.6. The molecule has 394 valence electrons. The SMILES string of the molecule is C=CC(=O)Nc1cc(Nc2nc(-c3ccnc(N4CCn5c(cc6c5CC(C)(C)C6)C4=O)c3CO)cnc2OC)ccc1N1CCN(C2CCN(c3cccc4c3C(=O)N(C3CCC(=O)NC3=O)C4=O)[C@@H](C)C2)C[C@@H]1C. The molecule has 76 heavy (non-hydrogen) atoms. The Morgan fingerprint density at radius 1 is 0.908 bits per heavy atom. The predicted octanol–water partition coefficient (Wildman–Crippen LogP) is 5.46. The number of carbonyl (C=O) groups is 6. The van der Waals surface area contributed by atoms with E-state index in [1.54, 1.807) is 35.5 Å². The summed E-state index contributed by atoms with van der Waals surface area (Å²) in [5, 5.41) is 19.5. The van der Waals surface area contributed by atoms with Crippen LogP contribution in [0, 0.1) is 5.41 Å². The number of hydrogen-bond acceptors (Lipinski definition) is 15. The number of imide groups is 2. The molecule has 3 fully saturated rings. The predicted molar refractivity (Wildman–Crippen MR) is 285 cm³/mol. The van der Waals surface area contributed by atoms with E-state index >= 15 is 0 Å². The van der Waals surface area contributed by atoms with Crippen molar-refractivity contribution in [3.8, 4) is 17.1 Å². The van der Waals surface area contributed by atoms with Crippen LogP contribution in [0.15, 0.2) is 73.6 Å². The van der Waals surface area contributed by atoms with Gasteiger partial charge in [-0.3, -0.25) is 48.8 Å². The van der Waals surface area contributed by atoms with Crippen molar-refractivity contribution >= 4 is 69.8 Å². The average molecular weight is 1030 g/mol. The molecule has 5 aliphatic heterocycles. The molecule has 5 aromatic rings. The van der Waals surface area contributed by atoms with Crippen molar-refractivity contribution in [3.05, 3.63) is 107 Å². The van der Waals surface area contributed by atoms with Gasteiger partial charge in [-0.1, -0.05) is 26.5 Å². The summed E-state index contributed by atoms with van der Waals surface area (Å²) in [6.45, 7) is 16.0. The third-order valence-electron chi connectivity index (χ3n) is 16.1. The van der Waals surface area contributed by atoms with Gasteiger partial charge in [0.1, 0.15) is 17.6 Å². The molecule has 0 saturated carbocycles. The highest BCUT2D eigenvalue weighted by Crippen LogP contribution is 2.42. The van der Waals surface area contributed by atoms with Gasteiger partial charge >= 0.3 is 0 Å². The number of hydrogen-bond donors (Lipinski definition) is 4. The van der Waals surface area contributed by atoms with Gasteiger partial charge in [0.25, 0.3) is 23.6 Å². The van der Waals surface area contributed by atoms with Crippen LogP contribution in [0.5, 0.6) is 5.88 Å². The highest BCUT2D eigenvalue weighted by molar-refractivity contribution is 6.25. The first kappa shape index (κ1) is 50.2. The maximum absolute atomic E-state index is 14.1. The standard InChI is InChI=1S/C56H62N12O8/c1-7-46(70)60-39-25-34(59-49-52(76-6)58-28-40(61-49)36-15-17-57-50(38(36)30-69)67-22-21-66-44(54(67)74)24-33-26-56(4,5)27-45(33)66)11-12-41(39)65-20-19-63(29-32(65)3)35-16-18-64(31(2)23-35)42-10-8-9-37-48(42)55(75)68(53(37)73)43-13-14-47(71)62-51(43)72/h7-12,15,17,24-25,28,31-32,35,43,69H,1,13-14,16,18-23,26-27,29-30H2,2-6H3,(H,59,61)(H,60,70)(H,62,71,72)/t31-,32-,35?,43?/m0/s1. The number of aliphatic hydroxyl groups excluding tert-OH is 1. The Bertz CT molecular complexity index is 3260. The molecule has 3 aromatic heterocycles. The second-order valence-electron chi connectivity index (χ2n) is 21.5. The van der Waals surface area contributed by atoms with E-state index < -0.39 is 36.3 Å². The second-order valence-corrected chi connectivity index (χ2v) is 21.5. The van der Waals surface area contributed by atoms with E-state index in [2.05, 4.69) is 79.5 Å². The fourth-order valence-corrected chi connectivity index (χ4v) is 12.5. The number of pyridine rings is 1. The van der Waals surface area contributed by atoms with Crippen molar-refractivity contribution in [3.63, 3.8) is 0 Å². The molecule has 2 unspecified atom stereocenters. The highest BCUT2D eigenvalue weighted by Gasteiger charge is 2.47. The van der Waals surface area contributed by atoms with Crippen LogP contribution in [0.1, 0.15) is 101 Å². The number of benzene rings is 2. The lowest BCUT2D eigenvalue weighted by Gasteiger charge is -2.48. The van der Waals surface area contributed by atoms with E-state index in [1.807, 2.05) is 30.3 Å². The highest BCUT2D eigenvalue weighted by atomic mass is 16.5. The van der Waals surface area contributed by atoms with Gasteiger partial charge in [-0.2, -0.15) is 0 Å². The van der Waals surface area contributed by atoms with Crippen molar-refractivity contribution in [1.82, 2.24) is 34.6 Å². The molecule has 6 aliphatic rings. The zero-order valence-electron chi connectivity index (χ0n) is 43.4. The molecule has 4 atom stereocenters. The van der Waals surface area contributed by atoms with Gasteiger partial charge in [-0.15, -0.1) is 0 Å². The number of aromatic nitrogens is 4. The third kappa shape index (κ3) is 8.81. The van der Waals surface area contributed by atoms with Crippen LogP contribution in [0.2, 0.25) is 0 Å². The zero-order valence-corrected chi connectivity index (χ0v) is 43.4. The van der Waals surface area contributed by atoms with Gasteiger partial charge in [0.05, 0.1) is 53.8 Å². The molecule has 1 aliphatic carbocycles. The van der Waals surface area contributed by atoms with Crippen molar-refractivity contribution < 1.29 is 38.6 Å². The van der Waals surface area contributed by atoms with Crippen molar-refractivity contribution in [2.45, 2.75) is 104 Å². The normalized spacial score (nSPS) is 22.3. The number of fused-ring (bicyclic) bond motifs is 4. The molecule has 8 heterocycles. The van der Waals surface area contributed by atoms with E-state index in [0.29, 0.717) is 77.1 Å². The molecule has 0 spiro atoms. The van der Waals surface area contributed by atoms with Gasteiger partial charge in [0.2, 0.25) is 17.7 Å². The Balaban J connectivity index is 0.783. The molecule has 20 heteroatoms. The summed E-state index contributed by atoms with van der Waals surface area (Å²) in [5.74, 6) is -1.75. The summed E-state index contributed by atoms with van der Waals surface area (Å²) in [6, 6.07) is 14.0. The Morgan fingerprint density at radius 2 is 1.72 bits per heavy atom. The topological polar surface area (TPSA) is 228 Å². The van der Waals surface area contributed by atoms with Gasteiger partial charge in [-0.25, -0.2) is 15.0 Å². The number of amides is 6. The average Bonchev–Trinajstić information content (AvgIpc) is 4.00. The Hall–Kier alpha value is -7.97. The Kier molecular flexibility index (Phi) is 13.0. The number of nitrogens with one attached hydrogen (secondary N) is 3. The molecule has 0 radical (unpaired) electrons. The monoisotopic (exact) mass is 1030 g/mol. The van der Waals surface area contributed by atoms with E-state index in [-0.39, 0.29) is 65.5 Å². The largest absolute Gasteiger partial charge is 0.478 e. The first-order valence-corrected chi connectivity index (χ1v) is 26.1. The molecular formula is C56H62N12O8. The number of ether oxygens (including phenoxy) is 1. The van der Waals surface area contributed by atoms with E-state index in [0.717, 1.165) is 49.4 Å². The van der Waals surface area contributed by atoms with Crippen LogP contribution in [0.4, 0.5) is 34.4 Å². The number of anilines is 6. The quantitative estimate of drug-likeness (QED) is 0.0899. The molecule has 3 saturated heterocycles. The lowest BCUT2D eigenvalue weighted by molar-refractivity contribution is -0.136. The number of carbonyl (C=O) groups excluding carboxylic acids is 6. The molecule has 4 N–H and O–H groups in total. The summed E-state index contributed by atoms with van der Waals surface area (Å²) < 4.78 is 7.81. The van der Waals surface area contributed by atoms with Crippen molar-refractivity contribution in [2.24, 2.45) is 5.41 Å². The summed E-state index contributed by atoms with van der Waals surface area (Å²) in [5.41, 5.74) is 7.87. The zero-order chi connectivity index (χ0) is 53.3. The summed E-state index contributed by atoms with van der Waals surface area (Å²) >= 11 is 0. The van der Waals surface area contributed by atoms with Gasteiger partial charge in [0, 0.05) is 92.5 Å². The lowest BCUT2D eigenvalue weighted by atomic mass is 9.90. The van der Waals surface area contributed by atoms with Crippen LogP contribution in [0.25, 0.3) is 11.3 Å². The molecule has 11 rings (SSSR count).